The molecule has 0 atom stereocenters. The fraction of sp³-hybridized carbons (Fsp3) is 0.238. The van der Waals surface area contributed by atoms with Crippen LogP contribution in [0.4, 0.5) is 0 Å². The Labute approximate surface area is 160 Å². The van der Waals surface area contributed by atoms with Gasteiger partial charge >= 0.3 is 5.97 Å². The van der Waals surface area contributed by atoms with Gasteiger partial charge in [0.05, 0.1) is 11.1 Å². The zero-order chi connectivity index (χ0) is 18.1. The minimum absolute atomic E-state index is 0.257. The van der Waals surface area contributed by atoms with E-state index in [-0.39, 0.29) is 12.6 Å². The van der Waals surface area contributed by atoms with Crippen molar-refractivity contribution in [2.24, 2.45) is 0 Å². The normalized spacial score (nSPS) is 14.2. The van der Waals surface area contributed by atoms with E-state index < -0.39 is 0 Å². The number of nitrogens with zero attached hydrogens (tertiary/aromatic N) is 2. The number of fused-ring (bicyclic) bond motifs is 2. The Balaban J connectivity index is 1.70. The molecule has 0 amide bonds. The second-order valence-corrected chi connectivity index (χ2v) is 7.54. The second kappa shape index (κ2) is 7.17. The lowest BCUT2D eigenvalue weighted by Crippen LogP contribution is -2.29. The van der Waals surface area contributed by atoms with E-state index in [0.29, 0.717) is 5.56 Å². The maximum atomic E-state index is 13.0. The number of hydrogen-bond donors (Lipinski definition) is 0. The molecule has 0 unspecified atom stereocenters. The van der Waals surface area contributed by atoms with Crippen LogP contribution in [0.3, 0.4) is 0 Å². The minimum atomic E-state index is -0.280. The van der Waals surface area contributed by atoms with Crippen LogP contribution in [0.5, 0.6) is 0 Å². The number of rotatable bonds is 3. The van der Waals surface area contributed by atoms with Gasteiger partial charge in [-0.05, 0) is 30.8 Å². The van der Waals surface area contributed by atoms with Crippen LogP contribution in [0.15, 0.2) is 53.0 Å². The third kappa shape index (κ3) is 3.37. The Hall–Kier alpha value is -2.24. The summed E-state index contributed by atoms with van der Waals surface area (Å²) in [6.07, 6.45) is 0.851. The summed E-state index contributed by atoms with van der Waals surface area (Å²) in [5, 5.41) is 0.863. The van der Waals surface area contributed by atoms with Gasteiger partial charge in [-0.15, -0.1) is 0 Å². The fourth-order valence-corrected chi connectivity index (χ4v) is 3.62. The van der Waals surface area contributed by atoms with E-state index in [2.05, 4.69) is 27.9 Å². The third-order valence-electron chi connectivity index (χ3n) is 4.72. The van der Waals surface area contributed by atoms with Gasteiger partial charge in [-0.25, -0.2) is 4.79 Å². The van der Waals surface area contributed by atoms with Crippen molar-refractivity contribution in [2.45, 2.75) is 19.6 Å². The van der Waals surface area contributed by atoms with E-state index in [4.69, 9.17) is 9.72 Å². The summed E-state index contributed by atoms with van der Waals surface area (Å²) in [6, 6.07) is 15.6. The van der Waals surface area contributed by atoms with Gasteiger partial charge in [0, 0.05) is 40.6 Å². The molecule has 0 saturated carbocycles. The monoisotopic (exact) mass is 410 g/mol. The van der Waals surface area contributed by atoms with E-state index in [9.17, 15) is 4.79 Å². The van der Waals surface area contributed by atoms with Crippen LogP contribution >= 0.6 is 15.9 Å². The molecule has 26 heavy (non-hydrogen) atoms. The molecule has 4 rings (SSSR count). The van der Waals surface area contributed by atoms with E-state index in [1.165, 1.54) is 0 Å². The lowest BCUT2D eigenvalue weighted by atomic mass is 9.96. The molecule has 0 N–H and O–H groups in total. The van der Waals surface area contributed by atoms with Gasteiger partial charge in [-0.3, -0.25) is 4.98 Å². The first-order chi connectivity index (χ1) is 12.6. The number of hydrogen-bond acceptors (Lipinski definition) is 4. The number of ether oxygens (including phenoxy) is 1. The highest BCUT2D eigenvalue weighted by atomic mass is 79.9. The zero-order valence-electron chi connectivity index (χ0n) is 14.5. The van der Waals surface area contributed by atoms with E-state index in [1.807, 2.05) is 48.5 Å². The molecule has 4 nitrogen and oxygen atoms in total. The summed E-state index contributed by atoms with van der Waals surface area (Å²) in [5.74, 6) is -0.280. The van der Waals surface area contributed by atoms with Crippen LogP contribution in [0, 0.1) is 0 Å². The number of carbonyl (C=O) groups excluding carboxylic acids is 1. The van der Waals surface area contributed by atoms with E-state index in [1.54, 1.807) is 0 Å². The number of aromatic nitrogens is 1. The Morgan fingerprint density at radius 1 is 1.19 bits per heavy atom. The molecule has 0 fully saturated rings. The molecule has 2 aromatic carbocycles. The van der Waals surface area contributed by atoms with Crippen LogP contribution in [-0.4, -0.2) is 29.4 Å². The largest absolute Gasteiger partial charge is 0.457 e. The summed E-state index contributed by atoms with van der Waals surface area (Å²) in [5.41, 5.74) is 4.49. The molecular formula is C21H19BrN2O2. The van der Waals surface area contributed by atoms with Crippen molar-refractivity contribution in [1.82, 2.24) is 9.88 Å². The first kappa shape index (κ1) is 17.2. The average Bonchev–Trinajstić information content (AvgIpc) is 2.65. The standard InChI is InChI=1S/C21H19BrN2O2/c1-24-11-10-19-17(12-24)20(16-4-2-3-5-18(16)23-19)21(25)26-13-14-6-8-15(22)9-7-14/h2-9H,10-13H2,1H3. The van der Waals surface area contributed by atoms with Crippen molar-refractivity contribution in [2.75, 3.05) is 13.6 Å². The summed E-state index contributed by atoms with van der Waals surface area (Å²) in [6.45, 7) is 1.93. The van der Waals surface area contributed by atoms with Crippen molar-refractivity contribution in [3.63, 3.8) is 0 Å². The Morgan fingerprint density at radius 2 is 1.96 bits per heavy atom. The van der Waals surface area contributed by atoms with Crippen LogP contribution in [0.1, 0.15) is 27.2 Å². The molecule has 0 spiro atoms. The van der Waals surface area contributed by atoms with Crippen molar-refractivity contribution < 1.29 is 9.53 Å². The molecule has 1 aromatic heterocycles. The number of para-hydroxylation sites is 1. The molecule has 132 valence electrons. The topological polar surface area (TPSA) is 42.4 Å². The number of benzene rings is 2. The second-order valence-electron chi connectivity index (χ2n) is 6.62. The summed E-state index contributed by atoms with van der Waals surface area (Å²) < 4.78 is 6.67. The molecule has 5 heteroatoms. The Morgan fingerprint density at radius 3 is 2.77 bits per heavy atom. The number of carbonyl (C=O) groups is 1. The predicted octanol–water partition coefficient (Wildman–Crippen LogP) is 4.34. The molecule has 3 aromatic rings. The molecule has 1 aliphatic rings. The van der Waals surface area contributed by atoms with Gasteiger partial charge < -0.3 is 9.64 Å². The Bertz CT molecular complexity index is 970. The molecule has 0 radical (unpaired) electrons. The van der Waals surface area contributed by atoms with Crippen LogP contribution in [0.2, 0.25) is 0 Å². The number of likely N-dealkylation sites (N-methyl/N-ethyl adjacent to an activating group) is 1. The van der Waals surface area contributed by atoms with Crippen LogP contribution < -0.4 is 0 Å². The van der Waals surface area contributed by atoms with Gasteiger partial charge in [-0.1, -0.05) is 46.3 Å². The minimum Gasteiger partial charge on any atom is -0.457 e. The van der Waals surface area contributed by atoms with Gasteiger partial charge in [0.2, 0.25) is 0 Å². The van der Waals surface area contributed by atoms with Crippen molar-refractivity contribution >= 4 is 32.8 Å². The Kier molecular flexibility index (Phi) is 4.74. The number of halogens is 1. The predicted molar refractivity (Wildman–Crippen MR) is 105 cm³/mol. The number of pyridine rings is 1. The van der Waals surface area contributed by atoms with E-state index >= 15 is 0 Å². The van der Waals surface area contributed by atoms with Gasteiger partial charge in [-0.2, -0.15) is 0 Å². The summed E-state index contributed by atoms with van der Waals surface area (Å²) >= 11 is 3.42. The molecule has 0 saturated heterocycles. The number of esters is 1. The first-order valence-electron chi connectivity index (χ1n) is 8.62. The SMILES string of the molecule is CN1CCc2nc3ccccc3c(C(=O)OCc3ccc(Br)cc3)c2C1. The molecular weight excluding hydrogens is 392 g/mol. The first-order valence-corrected chi connectivity index (χ1v) is 9.42. The zero-order valence-corrected chi connectivity index (χ0v) is 16.1. The van der Waals surface area contributed by atoms with Crippen molar-refractivity contribution in [3.8, 4) is 0 Å². The maximum absolute atomic E-state index is 13.0. The average molecular weight is 411 g/mol. The van der Waals surface area contributed by atoms with E-state index in [0.717, 1.165) is 51.7 Å². The summed E-state index contributed by atoms with van der Waals surface area (Å²) in [4.78, 5) is 20.0. The lowest BCUT2D eigenvalue weighted by Gasteiger charge is -2.26. The lowest BCUT2D eigenvalue weighted by molar-refractivity contribution is 0.0472. The molecule has 0 bridgehead atoms. The highest BCUT2D eigenvalue weighted by molar-refractivity contribution is 9.10. The molecule has 0 aliphatic carbocycles. The smallest absolute Gasteiger partial charge is 0.339 e. The highest BCUT2D eigenvalue weighted by Gasteiger charge is 2.25. The van der Waals surface area contributed by atoms with Crippen molar-refractivity contribution in [3.05, 3.63) is 75.4 Å². The molecule has 2 heterocycles. The highest BCUT2D eigenvalue weighted by Crippen LogP contribution is 2.28. The van der Waals surface area contributed by atoms with Gasteiger partial charge in [0.25, 0.3) is 0 Å². The van der Waals surface area contributed by atoms with Crippen LogP contribution in [-0.2, 0) is 24.3 Å². The van der Waals surface area contributed by atoms with Gasteiger partial charge in [0.15, 0.2) is 0 Å². The third-order valence-corrected chi connectivity index (χ3v) is 5.25. The molecule has 1 aliphatic heterocycles. The maximum Gasteiger partial charge on any atom is 0.339 e. The van der Waals surface area contributed by atoms with Crippen LogP contribution in [0.25, 0.3) is 10.9 Å². The van der Waals surface area contributed by atoms with Crippen molar-refractivity contribution in [1.29, 1.82) is 0 Å². The fourth-order valence-electron chi connectivity index (χ4n) is 3.36. The summed E-state index contributed by atoms with van der Waals surface area (Å²) in [7, 11) is 2.06. The van der Waals surface area contributed by atoms with Gasteiger partial charge in [0.1, 0.15) is 6.61 Å². The quantitative estimate of drug-likeness (QED) is 0.602.